The van der Waals surface area contributed by atoms with Crippen molar-refractivity contribution in [2.75, 3.05) is 19.0 Å². The number of carbonyl (C=O) groups excluding carboxylic acids is 3. The van der Waals surface area contributed by atoms with Crippen LogP contribution in [0.2, 0.25) is 0 Å². The summed E-state index contributed by atoms with van der Waals surface area (Å²) in [5, 5.41) is 4.78. The normalized spacial score (nSPS) is 14.1. The van der Waals surface area contributed by atoms with Gasteiger partial charge in [0.15, 0.2) is 11.5 Å². The smallest absolute Gasteiger partial charge is 0.329 e. The molecule has 0 atom stereocenters. The van der Waals surface area contributed by atoms with Crippen molar-refractivity contribution in [3.05, 3.63) is 92.7 Å². The van der Waals surface area contributed by atoms with Crippen LogP contribution in [0, 0.1) is 15.2 Å². The summed E-state index contributed by atoms with van der Waals surface area (Å²) in [6.45, 7) is -0.479. The molecule has 1 fully saturated rings. The van der Waals surface area contributed by atoms with E-state index in [-0.39, 0.29) is 23.8 Å². The van der Waals surface area contributed by atoms with Crippen LogP contribution in [0.3, 0.4) is 0 Å². The summed E-state index contributed by atoms with van der Waals surface area (Å²) in [7, 11) is 1.45. The lowest BCUT2D eigenvalue weighted by atomic mass is 10.1. The molecule has 2 N–H and O–H groups in total. The zero-order chi connectivity index (χ0) is 26.5. The summed E-state index contributed by atoms with van der Waals surface area (Å²) in [5.74, 6) is -1.65. The Kier molecular flexibility index (Phi) is 8.01. The largest absolute Gasteiger partial charge is 0.493 e. The lowest BCUT2D eigenvalue weighted by molar-refractivity contribution is -0.127. The maximum atomic E-state index is 13.8. The summed E-state index contributed by atoms with van der Waals surface area (Å²) in [4.78, 5) is 38.2. The van der Waals surface area contributed by atoms with Crippen molar-refractivity contribution < 1.29 is 32.6 Å². The van der Waals surface area contributed by atoms with Gasteiger partial charge in [-0.1, -0.05) is 24.3 Å². The van der Waals surface area contributed by atoms with E-state index in [2.05, 4.69) is 10.6 Å². The van der Waals surface area contributed by atoms with Gasteiger partial charge in [0.05, 0.1) is 16.4 Å². The van der Waals surface area contributed by atoms with Crippen molar-refractivity contribution in [2.24, 2.45) is 0 Å². The standard InChI is InChI=1S/C26H20F2IN3O5/c1-36-22-12-16(10-19(29)24(22)37-14-15-5-4-6-17(27)9-15)11-21-25(34)32(26(35)31-21)13-23(33)30-20-8-3-2-7-18(20)28/h2-12H,13-14H2,1H3,(H,30,33)(H,31,35)/b21-11+. The fourth-order valence-corrected chi connectivity index (χ4v) is 4.30. The quantitative estimate of drug-likeness (QED) is 0.217. The van der Waals surface area contributed by atoms with Gasteiger partial charge >= 0.3 is 6.03 Å². The number of nitrogens with zero attached hydrogens (tertiary/aromatic N) is 1. The molecule has 0 aromatic heterocycles. The number of methoxy groups -OCH3 is 1. The average Bonchev–Trinajstić information content (AvgIpc) is 3.11. The van der Waals surface area contributed by atoms with Gasteiger partial charge in [0.1, 0.15) is 30.5 Å². The Balaban J connectivity index is 1.48. The number of rotatable bonds is 8. The topological polar surface area (TPSA) is 97.0 Å². The van der Waals surface area contributed by atoms with Crippen molar-refractivity contribution in [1.29, 1.82) is 0 Å². The summed E-state index contributed by atoms with van der Waals surface area (Å²) >= 11 is 2.04. The van der Waals surface area contributed by atoms with Crippen molar-refractivity contribution in [2.45, 2.75) is 6.61 Å². The Morgan fingerprint density at radius 3 is 2.62 bits per heavy atom. The number of imide groups is 1. The van der Waals surface area contributed by atoms with E-state index in [0.29, 0.717) is 26.2 Å². The minimum absolute atomic E-state index is 0.0463. The molecule has 0 aliphatic carbocycles. The number of amides is 4. The van der Waals surface area contributed by atoms with Crippen LogP contribution in [-0.4, -0.2) is 36.4 Å². The molecule has 190 valence electrons. The Hall–Kier alpha value is -4.00. The molecule has 4 rings (SSSR count). The fourth-order valence-electron chi connectivity index (χ4n) is 3.52. The van der Waals surface area contributed by atoms with E-state index in [1.54, 1.807) is 30.3 Å². The van der Waals surface area contributed by atoms with Gasteiger partial charge in [0.25, 0.3) is 5.91 Å². The first-order valence-electron chi connectivity index (χ1n) is 10.9. The van der Waals surface area contributed by atoms with E-state index < -0.39 is 30.2 Å². The van der Waals surface area contributed by atoms with Gasteiger partial charge in [-0.05, 0) is 76.2 Å². The second-order valence-electron chi connectivity index (χ2n) is 7.86. The van der Waals surface area contributed by atoms with E-state index in [1.807, 2.05) is 22.6 Å². The molecular weight excluding hydrogens is 599 g/mol. The minimum Gasteiger partial charge on any atom is -0.493 e. The predicted molar refractivity (Wildman–Crippen MR) is 140 cm³/mol. The Bertz CT molecular complexity index is 1410. The van der Waals surface area contributed by atoms with Crippen LogP contribution in [0.25, 0.3) is 6.08 Å². The third-order valence-electron chi connectivity index (χ3n) is 5.25. The monoisotopic (exact) mass is 619 g/mol. The van der Waals surface area contributed by atoms with Crippen molar-refractivity contribution in [1.82, 2.24) is 10.2 Å². The van der Waals surface area contributed by atoms with Gasteiger partial charge < -0.3 is 20.1 Å². The average molecular weight is 619 g/mol. The zero-order valence-electron chi connectivity index (χ0n) is 19.4. The third kappa shape index (κ3) is 6.23. The summed E-state index contributed by atoms with van der Waals surface area (Å²) in [6.07, 6.45) is 1.44. The number of hydrogen-bond donors (Lipinski definition) is 2. The lowest BCUT2D eigenvalue weighted by Crippen LogP contribution is -2.38. The molecule has 0 radical (unpaired) electrons. The maximum Gasteiger partial charge on any atom is 0.329 e. The number of para-hydroxylation sites is 1. The molecule has 0 spiro atoms. The van der Waals surface area contributed by atoms with Crippen LogP contribution in [0.5, 0.6) is 11.5 Å². The SMILES string of the molecule is COc1cc(/C=C2/NC(=O)N(CC(=O)Nc3ccccc3F)C2=O)cc(I)c1OCc1cccc(F)c1. The van der Waals surface area contributed by atoms with Crippen LogP contribution in [-0.2, 0) is 16.2 Å². The summed E-state index contributed by atoms with van der Waals surface area (Å²) < 4.78 is 39.2. The van der Waals surface area contributed by atoms with Crippen LogP contribution >= 0.6 is 22.6 Å². The molecule has 3 aromatic carbocycles. The summed E-state index contributed by atoms with van der Waals surface area (Å²) in [6, 6.07) is 14.1. The zero-order valence-corrected chi connectivity index (χ0v) is 21.5. The third-order valence-corrected chi connectivity index (χ3v) is 6.05. The molecule has 0 bridgehead atoms. The highest BCUT2D eigenvalue weighted by Gasteiger charge is 2.35. The van der Waals surface area contributed by atoms with Crippen molar-refractivity contribution >= 4 is 52.2 Å². The number of halogens is 3. The van der Waals surface area contributed by atoms with Crippen LogP contribution in [0.4, 0.5) is 19.3 Å². The molecule has 3 aromatic rings. The Morgan fingerprint density at radius 2 is 1.89 bits per heavy atom. The van der Waals surface area contributed by atoms with E-state index in [9.17, 15) is 23.2 Å². The van der Waals surface area contributed by atoms with Gasteiger partial charge in [-0.25, -0.2) is 18.5 Å². The number of hydrogen-bond acceptors (Lipinski definition) is 5. The number of carbonyl (C=O) groups is 3. The second-order valence-corrected chi connectivity index (χ2v) is 9.02. The van der Waals surface area contributed by atoms with E-state index in [4.69, 9.17) is 9.47 Å². The molecule has 37 heavy (non-hydrogen) atoms. The van der Waals surface area contributed by atoms with Gasteiger partial charge in [0, 0.05) is 0 Å². The molecule has 11 heteroatoms. The number of ether oxygens (including phenoxy) is 2. The molecule has 1 aliphatic heterocycles. The van der Waals surface area contributed by atoms with Crippen LogP contribution in [0.15, 0.2) is 66.4 Å². The second kappa shape index (κ2) is 11.4. The van der Waals surface area contributed by atoms with Gasteiger partial charge in [-0.15, -0.1) is 0 Å². The first kappa shape index (κ1) is 26.1. The minimum atomic E-state index is -0.781. The fraction of sp³-hybridized carbons (Fsp3) is 0.115. The molecule has 8 nitrogen and oxygen atoms in total. The highest BCUT2D eigenvalue weighted by Crippen LogP contribution is 2.35. The molecular formula is C26H20F2IN3O5. The highest BCUT2D eigenvalue weighted by atomic mass is 127. The van der Waals surface area contributed by atoms with Crippen LogP contribution < -0.4 is 20.1 Å². The van der Waals surface area contributed by atoms with Crippen molar-refractivity contribution in [3.63, 3.8) is 0 Å². The number of nitrogens with one attached hydrogen (secondary N) is 2. The Morgan fingerprint density at radius 1 is 1.11 bits per heavy atom. The molecule has 1 aliphatic rings. The van der Waals surface area contributed by atoms with Gasteiger partial charge in [-0.3, -0.25) is 9.59 Å². The lowest BCUT2D eigenvalue weighted by Gasteiger charge is -2.14. The highest BCUT2D eigenvalue weighted by molar-refractivity contribution is 14.1. The van der Waals surface area contributed by atoms with E-state index in [1.165, 1.54) is 43.5 Å². The Labute approximate surface area is 224 Å². The summed E-state index contributed by atoms with van der Waals surface area (Å²) in [5.41, 5.74) is 1.06. The van der Waals surface area contributed by atoms with E-state index in [0.717, 1.165) is 4.90 Å². The van der Waals surface area contributed by atoms with Gasteiger partial charge in [-0.2, -0.15) is 0 Å². The predicted octanol–water partition coefficient (Wildman–Crippen LogP) is 4.69. The maximum absolute atomic E-state index is 13.8. The number of anilines is 1. The first-order valence-corrected chi connectivity index (χ1v) is 12.0. The van der Waals surface area contributed by atoms with E-state index >= 15 is 0 Å². The molecule has 0 saturated carbocycles. The molecule has 4 amide bonds. The first-order chi connectivity index (χ1) is 17.7. The van der Waals surface area contributed by atoms with Crippen LogP contribution in [0.1, 0.15) is 11.1 Å². The molecule has 0 unspecified atom stereocenters. The molecule has 1 heterocycles. The van der Waals surface area contributed by atoms with Crippen molar-refractivity contribution in [3.8, 4) is 11.5 Å². The number of urea groups is 1. The molecule has 1 saturated heterocycles. The number of benzene rings is 3. The van der Waals surface area contributed by atoms with Gasteiger partial charge in [0.2, 0.25) is 5.91 Å².